The van der Waals surface area contributed by atoms with Gasteiger partial charge in [-0.1, -0.05) is 55.8 Å². The fraction of sp³-hybridized carbons (Fsp3) is 0.533. The Hall–Kier alpha value is -0.830. The minimum absolute atomic E-state index is 0.0872. The summed E-state index contributed by atoms with van der Waals surface area (Å²) in [6, 6.07) is 7.90. The van der Waals surface area contributed by atoms with Crippen LogP contribution in [-0.2, 0) is 10.1 Å². The van der Waals surface area contributed by atoms with Crippen molar-refractivity contribution in [3.8, 4) is 0 Å². The Labute approximate surface area is 118 Å². The van der Waals surface area contributed by atoms with Gasteiger partial charge in [-0.3, -0.25) is 4.79 Å². The van der Waals surface area contributed by atoms with E-state index in [4.69, 9.17) is 0 Å². The molecule has 0 aliphatic rings. The van der Waals surface area contributed by atoms with Gasteiger partial charge in [0, 0.05) is 17.4 Å². The number of alkyl halides is 1. The number of anilines is 1. The number of amides is 1. The summed E-state index contributed by atoms with van der Waals surface area (Å²) < 4.78 is 0. The van der Waals surface area contributed by atoms with Crippen LogP contribution in [0.25, 0.3) is 0 Å². The van der Waals surface area contributed by atoms with Crippen LogP contribution in [0.4, 0.5) is 5.69 Å². The highest BCUT2D eigenvalue weighted by atomic mass is 79.9. The van der Waals surface area contributed by atoms with Crippen LogP contribution in [0.1, 0.15) is 39.7 Å². The van der Waals surface area contributed by atoms with Crippen LogP contribution in [0.3, 0.4) is 0 Å². The number of carbonyl (C=O) groups excluding carboxylic acids is 1. The molecule has 1 N–H and O–H groups in total. The maximum absolute atomic E-state index is 11.9. The normalized spacial score (nSPS) is 13.2. The van der Waals surface area contributed by atoms with Crippen LogP contribution >= 0.6 is 15.9 Å². The lowest BCUT2D eigenvalue weighted by molar-refractivity contribution is -0.117. The summed E-state index contributed by atoms with van der Waals surface area (Å²) >= 11 is 3.41. The first kappa shape index (κ1) is 15.2. The van der Waals surface area contributed by atoms with E-state index in [0.29, 0.717) is 12.3 Å². The minimum atomic E-state index is 0.0872. The van der Waals surface area contributed by atoms with Crippen LogP contribution in [-0.4, -0.2) is 5.91 Å². The molecule has 1 amide bonds. The Morgan fingerprint density at radius 2 is 2.06 bits per heavy atom. The SMILES string of the molecule is CC(CC(=O)Nc1cccc(CBr)c1)C(C)(C)C. The zero-order valence-corrected chi connectivity index (χ0v) is 13.2. The van der Waals surface area contributed by atoms with Crippen LogP contribution in [0.2, 0.25) is 0 Å². The lowest BCUT2D eigenvalue weighted by Crippen LogP contribution is -2.23. The molecule has 0 saturated carbocycles. The fourth-order valence-electron chi connectivity index (χ4n) is 1.53. The van der Waals surface area contributed by atoms with E-state index in [1.165, 1.54) is 0 Å². The predicted molar refractivity (Wildman–Crippen MR) is 80.9 cm³/mol. The van der Waals surface area contributed by atoms with Gasteiger partial charge in [-0.05, 0) is 29.0 Å². The Balaban J connectivity index is 2.59. The van der Waals surface area contributed by atoms with Crippen molar-refractivity contribution in [2.45, 2.75) is 39.4 Å². The third-order valence-electron chi connectivity index (χ3n) is 3.34. The quantitative estimate of drug-likeness (QED) is 0.809. The molecule has 0 aromatic heterocycles. The number of halogens is 1. The maximum atomic E-state index is 11.9. The molecule has 1 atom stereocenters. The zero-order chi connectivity index (χ0) is 13.8. The number of hydrogen-bond donors (Lipinski definition) is 1. The van der Waals surface area contributed by atoms with Gasteiger partial charge in [0.05, 0.1) is 0 Å². The van der Waals surface area contributed by atoms with Gasteiger partial charge in [0.15, 0.2) is 0 Å². The van der Waals surface area contributed by atoms with Crippen LogP contribution in [0, 0.1) is 11.3 Å². The predicted octanol–water partition coefficient (Wildman–Crippen LogP) is 4.59. The summed E-state index contributed by atoms with van der Waals surface area (Å²) in [5.74, 6) is 0.445. The Kier molecular flexibility index (Phi) is 5.39. The fourth-order valence-corrected chi connectivity index (χ4v) is 1.88. The summed E-state index contributed by atoms with van der Waals surface area (Å²) in [4.78, 5) is 11.9. The van der Waals surface area contributed by atoms with Crippen molar-refractivity contribution < 1.29 is 4.79 Å². The lowest BCUT2D eigenvalue weighted by atomic mass is 9.80. The second-order valence-corrected chi connectivity index (χ2v) is 6.41. The molecular formula is C15H22BrNO. The van der Waals surface area contributed by atoms with E-state index in [-0.39, 0.29) is 11.3 Å². The summed E-state index contributed by atoms with van der Waals surface area (Å²) in [6.45, 7) is 8.61. The smallest absolute Gasteiger partial charge is 0.224 e. The van der Waals surface area contributed by atoms with E-state index in [9.17, 15) is 4.79 Å². The highest BCUT2D eigenvalue weighted by Crippen LogP contribution is 2.28. The van der Waals surface area contributed by atoms with E-state index in [2.05, 4.69) is 48.9 Å². The van der Waals surface area contributed by atoms with Gasteiger partial charge in [0.1, 0.15) is 0 Å². The summed E-state index contributed by atoms with van der Waals surface area (Å²) in [6.07, 6.45) is 0.558. The molecular weight excluding hydrogens is 290 g/mol. The second-order valence-electron chi connectivity index (χ2n) is 5.85. The van der Waals surface area contributed by atoms with Crippen LogP contribution < -0.4 is 5.32 Å². The van der Waals surface area contributed by atoms with Crippen molar-refractivity contribution in [3.05, 3.63) is 29.8 Å². The Morgan fingerprint density at radius 1 is 1.39 bits per heavy atom. The molecule has 0 aliphatic heterocycles. The molecule has 0 fully saturated rings. The maximum Gasteiger partial charge on any atom is 0.224 e. The summed E-state index contributed by atoms with van der Waals surface area (Å²) in [7, 11) is 0. The van der Waals surface area contributed by atoms with Crippen LogP contribution in [0.5, 0.6) is 0 Å². The van der Waals surface area contributed by atoms with E-state index >= 15 is 0 Å². The van der Waals surface area contributed by atoms with Gasteiger partial charge in [-0.15, -0.1) is 0 Å². The molecule has 1 aromatic rings. The molecule has 1 unspecified atom stereocenters. The van der Waals surface area contributed by atoms with Gasteiger partial charge in [0.25, 0.3) is 0 Å². The number of nitrogens with one attached hydrogen (secondary N) is 1. The number of rotatable bonds is 4. The van der Waals surface area contributed by atoms with Crippen LogP contribution in [0.15, 0.2) is 24.3 Å². The molecule has 2 nitrogen and oxygen atoms in total. The molecule has 0 spiro atoms. The molecule has 0 aliphatic carbocycles. The molecule has 3 heteroatoms. The molecule has 100 valence electrons. The summed E-state index contributed by atoms with van der Waals surface area (Å²) in [5, 5.41) is 3.76. The first-order valence-electron chi connectivity index (χ1n) is 6.27. The Bertz CT molecular complexity index is 409. The topological polar surface area (TPSA) is 29.1 Å². The number of benzene rings is 1. The van der Waals surface area contributed by atoms with Gasteiger partial charge >= 0.3 is 0 Å². The largest absolute Gasteiger partial charge is 0.326 e. The van der Waals surface area contributed by atoms with Crippen molar-refractivity contribution in [1.82, 2.24) is 0 Å². The third kappa shape index (κ3) is 4.81. The van der Waals surface area contributed by atoms with Gasteiger partial charge in [-0.25, -0.2) is 0 Å². The number of hydrogen-bond acceptors (Lipinski definition) is 1. The molecule has 0 saturated heterocycles. The van der Waals surface area contributed by atoms with Gasteiger partial charge < -0.3 is 5.32 Å². The molecule has 18 heavy (non-hydrogen) atoms. The monoisotopic (exact) mass is 311 g/mol. The highest BCUT2D eigenvalue weighted by Gasteiger charge is 2.22. The molecule has 0 bridgehead atoms. The van der Waals surface area contributed by atoms with Crippen molar-refractivity contribution in [1.29, 1.82) is 0 Å². The molecule has 0 radical (unpaired) electrons. The van der Waals surface area contributed by atoms with Crippen molar-refractivity contribution in [2.24, 2.45) is 11.3 Å². The number of carbonyl (C=O) groups is 1. The molecule has 1 aromatic carbocycles. The zero-order valence-electron chi connectivity index (χ0n) is 11.6. The minimum Gasteiger partial charge on any atom is -0.326 e. The molecule has 1 rings (SSSR count). The van der Waals surface area contributed by atoms with Gasteiger partial charge in [0.2, 0.25) is 5.91 Å². The van der Waals surface area contributed by atoms with Crippen molar-refractivity contribution in [3.63, 3.8) is 0 Å². The lowest BCUT2D eigenvalue weighted by Gasteiger charge is -2.26. The first-order valence-corrected chi connectivity index (χ1v) is 7.40. The standard InChI is InChI=1S/C15H22BrNO/c1-11(15(2,3)4)8-14(18)17-13-7-5-6-12(9-13)10-16/h5-7,9,11H,8,10H2,1-4H3,(H,17,18). The third-order valence-corrected chi connectivity index (χ3v) is 3.98. The van der Waals surface area contributed by atoms with E-state index in [1.54, 1.807) is 0 Å². The van der Waals surface area contributed by atoms with Gasteiger partial charge in [-0.2, -0.15) is 0 Å². The second kappa shape index (κ2) is 6.37. The van der Waals surface area contributed by atoms with Crippen molar-refractivity contribution in [2.75, 3.05) is 5.32 Å². The van der Waals surface area contributed by atoms with E-state index < -0.39 is 0 Å². The van der Waals surface area contributed by atoms with E-state index in [0.717, 1.165) is 16.6 Å². The first-order chi connectivity index (χ1) is 8.32. The summed E-state index contributed by atoms with van der Waals surface area (Å²) in [5.41, 5.74) is 2.20. The van der Waals surface area contributed by atoms with Crippen molar-refractivity contribution >= 4 is 27.5 Å². The Morgan fingerprint density at radius 3 is 2.61 bits per heavy atom. The highest BCUT2D eigenvalue weighted by molar-refractivity contribution is 9.08. The average Bonchev–Trinajstić information content (AvgIpc) is 2.27. The van der Waals surface area contributed by atoms with E-state index in [1.807, 2.05) is 24.3 Å². The average molecular weight is 312 g/mol. The molecule has 0 heterocycles.